The van der Waals surface area contributed by atoms with Crippen molar-refractivity contribution in [2.45, 2.75) is 24.0 Å². The third-order valence-electron chi connectivity index (χ3n) is 2.42. The maximum Gasteiger partial charge on any atom is 0.238 e. The first-order chi connectivity index (χ1) is 7.50. The lowest BCUT2D eigenvalue weighted by Gasteiger charge is -2.26. The summed E-state index contributed by atoms with van der Waals surface area (Å²) in [6.45, 7) is 3.75. The zero-order chi connectivity index (χ0) is 11.9. The Morgan fingerprint density at radius 3 is 2.69 bits per heavy atom. The SMILES string of the molecule is CC(C)C1Sc2c(ccc(F)c2F)NC1=O. The molecule has 1 aliphatic rings. The van der Waals surface area contributed by atoms with Crippen molar-refractivity contribution in [1.29, 1.82) is 0 Å². The van der Waals surface area contributed by atoms with Crippen LogP contribution in [0.4, 0.5) is 14.5 Å². The van der Waals surface area contributed by atoms with Gasteiger partial charge in [-0.2, -0.15) is 0 Å². The monoisotopic (exact) mass is 243 g/mol. The predicted octanol–water partition coefficient (Wildman–Crippen LogP) is 3.03. The Kier molecular flexibility index (Phi) is 2.88. The van der Waals surface area contributed by atoms with E-state index in [9.17, 15) is 13.6 Å². The van der Waals surface area contributed by atoms with Gasteiger partial charge in [0.15, 0.2) is 11.6 Å². The molecule has 1 amide bonds. The molecule has 2 rings (SSSR count). The number of anilines is 1. The molecule has 1 N–H and O–H groups in total. The Balaban J connectivity index is 2.44. The van der Waals surface area contributed by atoms with Crippen LogP contribution in [0.5, 0.6) is 0 Å². The summed E-state index contributed by atoms with van der Waals surface area (Å²) in [5.41, 5.74) is 0.353. The van der Waals surface area contributed by atoms with Crippen LogP contribution >= 0.6 is 11.8 Å². The number of benzene rings is 1. The average molecular weight is 243 g/mol. The summed E-state index contributed by atoms with van der Waals surface area (Å²) in [6, 6.07) is 2.40. The van der Waals surface area contributed by atoms with Crippen LogP contribution in [-0.2, 0) is 4.79 Å². The Bertz CT molecular complexity index is 448. The van der Waals surface area contributed by atoms with Gasteiger partial charge in [0.1, 0.15) is 0 Å². The Morgan fingerprint density at radius 2 is 2.06 bits per heavy atom. The summed E-state index contributed by atoms with van der Waals surface area (Å²) in [7, 11) is 0. The topological polar surface area (TPSA) is 29.1 Å². The second-order valence-electron chi connectivity index (χ2n) is 4.01. The molecule has 0 aromatic heterocycles. The van der Waals surface area contributed by atoms with E-state index < -0.39 is 11.6 Å². The van der Waals surface area contributed by atoms with Gasteiger partial charge >= 0.3 is 0 Å². The van der Waals surface area contributed by atoms with Crippen molar-refractivity contribution in [2.75, 3.05) is 5.32 Å². The van der Waals surface area contributed by atoms with Gasteiger partial charge in [0.2, 0.25) is 5.91 Å². The second kappa shape index (κ2) is 4.05. The smallest absolute Gasteiger partial charge is 0.238 e. The fourth-order valence-corrected chi connectivity index (χ4v) is 2.71. The molecule has 0 spiro atoms. The van der Waals surface area contributed by atoms with E-state index in [-0.39, 0.29) is 22.0 Å². The van der Waals surface area contributed by atoms with E-state index in [4.69, 9.17) is 0 Å². The molecule has 86 valence electrons. The summed E-state index contributed by atoms with van der Waals surface area (Å²) in [6.07, 6.45) is 0. The van der Waals surface area contributed by atoms with E-state index in [2.05, 4.69) is 5.32 Å². The molecule has 16 heavy (non-hydrogen) atoms. The highest BCUT2D eigenvalue weighted by molar-refractivity contribution is 8.01. The highest BCUT2D eigenvalue weighted by Crippen LogP contribution is 2.40. The number of carbonyl (C=O) groups is 1. The summed E-state index contributed by atoms with van der Waals surface area (Å²) in [4.78, 5) is 11.8. The molecule has 2 nitrogen and oxygen atoms in total. The van der Waals surface area contributed by atoms with E-state index in [1.54, 1.807) is 0 Å². The van der Waals surface area contributed by atoms with E-state index >= 15 is 0 Å². The third-order valence-corrected chi connectivity index (χ3v) is 4.06. The van der Waals surface area contributed by atoms with Gasteiger partial charge < -0.3 is 5.32 Å². The largest absolute Gasteiger partial charge is 0.324 e. The van der Waals surface area contributed by atoms with E-state index in [0.717, 1.165) is 17.8 Å². The van der Waals surface area contributed by atoms with Crippen molar-refractivity contribution < 1.29 is 13.6 Å². The Labute approximate surface area is 96.4 Å². The first kappa shape index (κ1) is 11.4. The Morgan fingerprint density at radius 1 is 1.38 bits per heavy atom. The molecule has 0 fully saturated rings. The van der Waals surface area contributed by atoms with Crippen molar-refractivity contribution in [3.8, 4) is 0 Å². The molecule has 0 radical (unpaired) electrons. The molecule has 1 aliphatic heterocycles. The molecule has 5 heteroatoms. The molecule has 1 heterocycles. The number of amides is 1. The zero-order valence-electron chi connectivity index (χ0n) is 8.88. The standard InChI is InChI=1S/C11H11F2NOS/c1-5(2)9-11(15)14-7-4-3-6(12)8(13)10(7)16-9/h3-5,9H,1-2H3,(H,14,15). The zero-order valence-corrected chi connectivity index (χ0v) is 9.70. The van der Waals surface area contributed by atoms with Crippen LogP contribution in [0.3, 0.4) is 0 Å². The average Bonchev–Trinajstić information content (AvgIpc) is 2.23. The molecule has 1 aromatic carbocycles. The number of hydrogen-bond acceptors (Lipinski definition) is 2. The van der Waals surface area contributed by atoms with Gasteiger partial charge in [-0.3, -0.25) is 4.79 Å². The lowest BCUT2D eigenvalue weighted by Crippen LogP contribution is -2.33. The minimum absolute atomic E-state index is 0.0702. The van der Waals surface area contributed by atoms with Crippen LogP contribution < -0.4 is 5.32 Å². The number of hydrogen-bond donors (Lipinski definition) is 1. The van der Waals surface area contributed by atoms with Crippen LogP contribution in [-0.4, -0.2) is 11.2 Å². The molecule has 0 saturated carbocycles. The number of rotatable bonds is 1. The maximum atomic E-state index is 13.5. The minimum atomic E-state index is -0.884. The van der Waals surface area contributed by atoms with Crippen LogP contribution in [0.15, 0.2) is 17.0 Å². The molecular formula is C11H11F2NOS. The molecule has 0 bridgehead atoms. The number of nitrogens with one attached hydrogen (secondary N) is 1. The fourth-order valence-electron chi connectivity index (χ4n) is 1.57. The van der Waals surface area contributed by atoms with Crippen LogP contribution in [0.25, 0.3) is 0 Å². The van der Waals surface area contributed by atoms with E-state index in [1.165, 1.54) is 6.07 Å². The van der Waals surface area contributed by atoms with E-state index in [0.29, 0.717) is 5.69 Å². The van der Waals surface area contributed by atoms with Crippen molar-refractivity contribution in [3.63, 3.8) is 0 Å². The van der Waals surface area contributed by atoms with Crippen LogP contribution in [0.1, 0.15) is 13.8 Å². The lowest BCUT2D eigenvalue weighted by atomic mass is 10.1. The van der Waals surface area contributed by atoms with Crippen LogP contribution in [0.2, 0.25) is 0 Å². The number of halogens is 2. The van der Waals surface area contributed by atoms with Crippen molar-refractivity contribution in [1.82, 2.24) is 0 Å². The number of carbonyl (C=O) groups excluding carboxylic acids is 1. The lowest BCUT2D eigenvalue weighted by molar-refractivity contribution is -0.116. The first-order valence-electron chi connectivity index (χ1n) is 4.96. The maximum absolute atomic E-state index is 13.5. The molecule has 0 saturated heterocycles. The quantitative estimate of drug-likeness (QED) is 0.821. The molecular weight excluding hydrogens is 232 g/mol. The minimum Gasteiger partial charge on any atom is -0.324 e. The molecule has 1 atom stereocenters. The predicted molar refractivity (Wildman–Crippen MR) is 59.5 cm³/mol. The molecule has 1 aromatic rings. The summed E-state index contributed by atoms with van der Waals surface area (Å²) in [5, 5.41) is 2.22. The van der Waals surface area contributed by atoms with Gasteiger partial charge in [-0.25, -0.2) is 8.78 Å². The van der Waals surface area contributed by atoms with Crippen molar-refractivity contribution in [2.24, 2.45) is 5.92 Å². The normalized spacial score (nSPS) is 19.6. The highest BCUT2D eigenvalue weighted by atomic mass is 32.2. The summed E-state index contributed by atoms with van der Waals surface area (Å²) < 4.78 is 26.5. The van der Waals surface area contributed by atoms with Crippen LogP contribution in [0, 0.1) is 17.6 Å². The van der Waals surface area contributed by atoms with E-state index in [1.807, 2.05) is 13.8 Å². The second-order valence-corrected chi connectivity index (χ2v) is 5.16. The summed E-state index contributed by atoms with van der Waals surface area (Å²) >= 11 is 1.09. The highest BCUT2D eigenvalue weighted by Gasteiger charge is 2.31. The van der Waals surface area contributed by atoms with Gasteiger partial charge in [-0.1, -0.05) is 13.8 Å². The van der Waals surface area contributed by atoms with Gasteiger partial charge in [0.05, 0.1) is 15.8 Å². The number of fused-ring (bicyclic) bond motifs is 1. The van der Waals surface area contributed by atoms with Gasteiger partial charge in [0, 0.05) is 0 Å². The van der Waals surface area contributed by atoms with Gasteiger partial charge in [0.25, 0.3) is 0 Å². The first-order valence-corrected chi connectivity index (χ1v) is 5.84. The van der Waals surface area contributed by atoms with Crippen molar-refractivity contribution in [3.05, 3.63) is 23.8 Å². The molecule has 0 aliphatic carbocycles. The third kappa shape index (κ3) is 1.80. The Hall–Kier alpha value is -1.10. The number of thioether (sulfide) groups is 1. The fraction of sp³-hybridized carbons (Fsp3) is 0.364. The van der Waals surface area contributed by atoms with Crippen molar-refractivity contribution >= 4 is 23.4 Å². The summed E-state index contributed by atoms with van der Waals surface area (Å²) in [5.74, 6) is -1.85. The van der Waals surface area contributed by atoms with Gasteiger partial charge in [-0.15, -0.1) is 11.8 Å². The van der Waals surface area contributed by atoms with Gasteiger partial charge in [-0.05, 0) is 18.1 Å². The molecule has 1 unspecified atom stereocenters.